The molecule has 0 aliphatic rings. The third-order valence-electron chi connectivity index (χ3n) is 2.81. The Labute approximate surface area is 117 Å². The molecule has 0 radical (unpaired) electrons. The minimum Gasteiger partial charge on any atom is -0.369 e. The van der Waals surface area contributed by atoms with Gasteiger partial charge in [-0.05, 0) is 30.2 Å². The topological polar surface area (TPSA) is 59.1 Å². The Bertz CT molecular complexity index is 702. The maximum absolute atomic E-state index is 13.4. The fourth-order valence-electron chi connectivity index (χ4n) is 1.84. The average molecular weight is 294 g/mol. The average Bonchev–Trinajstić information content (AvgIpc) is 2.40. The van der Waals surface area contributed by atoms with Crippen molar-refractivity contribution in [3.8, 4) is 0 Å². The zero-order valence-electron chi connectivity index (χ0n) is 11.0. The summed E-state index contributed by atoms with van der Waals surface area (Å²) in [5.41, 5.74) is 0.580. The third-order valence-corrected chi connectivity index (χ3v) is 3.94. The van der Waals surface area contributed by atoms with Crippen molar-refractivity contribution >= 4 is 15.7 Å². The van der Waals surface area contributed by atoms with Crippen molar-refractivity contribution in [1.29, 1.82) is 0 Å². The van der Waals surface area contributed by atoms with Crippen LogP contribution in [0.5, 0.6) is 0 Å². The van der Waals surface area contributed by atoms with E-state index in [1.807, 2.05) is 0 Å². The van der Waals surface area contributed by atoms with Crippen LogP contribution in [0.2, 0.25) is 0 Å². The molecule has 1 N–H and O–H groups in total. The van der Waals surface area contributed by atoms with E-state index < -0.39 is 9.84 Å². The lowest BCUT2D eigenvalue weighted by atomic mass is 10.1. The Balaban J connectivity index is 2.07. The second-order valence-corrected chi connectivity index (χ2v) is 6.37. The first-order valence-electron chi connectivity index (χ1n) is 6.11. The molecular formula is C14H15FN2O2S. The smallest absolute Gasteiger partial charge is 0.179 e. The second kappa shape index (κ2) is 6.00. The number of aromatic nitrogens is 1. The van der Waals surface area contributed by atoms with Crippen molar-refractivity contribution in [3.63, 3.8) is 0 Å². The number of halogens is 1. The van der Waals surface area contributed by atoms with Gasteiger partial charge in [-0.25, -0.2) is 17.8 Å². The molecule has 0 unspecified atom stereocenters. The number of pyridine rings is 1. The van der Waals surface area contributed by atoms with Gasteiger partial charge in [0.15, 0.2) is 9.84 Å². The van der Waals surface area contributed by atoms with Crippen LogP contribution in [-0.2, 0) is 16.3 Å². The number of nitrogens with zero attached hydrogens (tertiary/aromatic N) is 1. The molecule has 0 atom stereocenters. The lowest BCUT2D eigenvalue weighted by Crippen LogP contribution is -2.11. The summed E-state index contributed by atoms with van der Waals surface area (Å²) in [5, 5.41) is 2.94. The Kier molecular flexibility index (Phi) is 4.34. The fraction of sp³-hybridized carbons (Fsp3) is 0.214. The van der Waals surface area contributed by atoms with E-state index in [9.17, 15) is 12.8 Å². The third kappa shape index (κ3) is 3.54. The molecule has 20 heavy (non-hydrogen) atoms. The van der Waals surface area contributed by atoms with Gasteiger partial charge in [0.05, 0.1) is 0 Å². The first kappa shape index (κ1) is 14.5. The summed E-state index contributed by atoms with van der Waals surface area (Å²) in [7, 11) is -3.34. The quantitative estimate of drug-likeness (QED) is 0.919. The van der Waals surface area contributed by atoms with Crippen LogP contribution >= 0.6 is 0 Å². The van der Waals surface area contributed by atoms with Crippen molar-refractivity contribution in [2.45, 2.75) is 11.3 Å². The van der Waals surface area contributed by atoms with Crippen molar-refractivity contribution in [2.24, 2.45) is 0 Å². The number of anilines is 1. The molecule has 0 saturated heterocycles. The maximum Gasteiger partial charge on any atom is 0.179 e. The highest BCUT2D eigenvalue weighted by Crippen LogP contribution is 2.17. The number of sulfone groups is 1. The maximum atomic E-state index is 13.4. The number of nitrogens with one attached hydrogen (secondary N) is 1. The number of rotatable bonds is 5. The van der Waals surface area contributed by atoms with Gasteiger partial charge in [-0.1, -0.05) is 18.2 Å². The normalized spacial score (nSPS) is 11.3. The van der Waals surface area contributed by atoms with E-state index in [0.29, 0.717) is 24.3 Å². The Hall–Kier alpha value is -1.95. The minimum atomic E-state index is -3.34. The van der Waals surface area contributed by atoms with Crippen LogP contribution in [0.3, 0.4) is 0 Å². The molecule has 106 valence electrons. The van der Waals surface area contributed by atoms with Crippen LogP contribution in [-0.4, -0.2) is 26.2 Å². The highest BCUT2D eigenvalue weighted by Gasteiger charge is 2.13. The first-order valence-corrected chi connectivity index (χ1v) is 8.00. The van der Waals surface area contributed by atoms with Gasteiger partial charge in [0.25, 0.3) is 0 Å². The standard InChI is InChI=1S/C14H15FN2O2S/c1-20(18,19)13-7-4-9-16-14(13)17-10-8-11-5-2-3-6-12(11)15/h2-7,9H,8,10H2,1H3,(H,16,17). The number of hydrogen-bond acceptors (Lipinski definition) is 4. The Morgan fingerprint density at radius 2 is 1.95 bits per heavy atom. The molecule has 2 rings (SSSR count). The van der Waals surface area contributed by atoms with E-state index >= 15 is 0 Å². The molecule has 1 aromatic carbocycles. The van der Waals surface area contributed by atoms with Crippen LogP contribution < -0.4 is 5.32 Å². The lowest BCUT2D eigenvalue weighted by molar-refractivity contribution is 0.601. The summed E-state index contributed by atoms with van der Waals surface area (Å²) in [6.07, 6.45) is 3.10. The van der Waals surface area contributed by atoms with Gasteiger partial charge in [0, 0.05) is 19.0 Å². The molecule has 4 nitrogen and oxygen atoms in total. The summed E-state index contributed by atoms with van der Waals surface area (Å²) in [4.78, 5) is 4.16. The molecule has 0 fully saturated rings. The van der Waals surface area contributed by atoms with E-state index in [2.05, 4.69) is 10.3 Å². The lowest BCUT2D eigenvalue weighted by Gasteiger charge is -2.09. The SMILES string of the molecule is CS(=O)(=O)c1cccnc1NCCc1ccccc1F. The highest BCUT2D eigenvalue weighted by atomic mass is 32.2. The number of benzene rings is 1. The second-order valence-electron chi connectivity index (χ2n) is 4.39. The summed E-state index contributed by atoms with van der Waals surface area (Å²) in [6, 6.07) is 9.56. The molecule has 0 aliphatic heterocycles. The van der Waals surface area contributed by atoms with E-state index in [-0.39, 0.29) is 10.7 Å². The van der Waals surface area contributed by atoms with Gasteiger partial charge in [-0.2, -0.15) is 0 Å². The molecule has 0 saturated carbocycles. The molecule has 2 aromatic rings. The molecule has 0 spiro atoms. The molecule has 1 aromatic heterocycles. The first-order chi connectivity index (χ1) is 9.48. The van der Waals surface area contributed by atoms with E-state index in [1.165, 1.54) is 18.3 Å². The fourth-order valence-corrected chi connectivity index (χ4v) is 2.64. The minimum absolute atomic E-state index is 0.147. The van der Waals surface area contributed by atoms with E-state index in [1.54, 1.807) is 24.3 Å². The molecule has 0 aliphatic carbocycles. The van der Waals surface area contributed by atoms with Crippen LogP contribution in [0.4, 0.5) is 10.2 Å². The monoisotopic (exact) mass is 294 g/mol. The molecule has 0 amide bonds. The van der Waals surface area contributed by atoms with Crippen molar-refractivity contribution in [3.05, 3.63) is 54.0 Å². The zero-order chi connectivity index (χ0) is 14.6. The summed E-state index contributed by atoms with van der Waals surface area (Å²) in [5.74, 6) is 0.0324. The predicted molar refractivity (Wildman–Crippen MR) is 75.9 cm³/mol. The van der Waals surface area contributed by atoms with Crippen LogP contribution in [0.25, 0.3) is 0 Å². The summed E-state index contributed by atoms with van der Waals surface area (Å²) >= 11 is 0. The van der Waals surface area contributed by atoms with Crippen LogP contribution in [0.15, 0.2) is 47.5 Å². The van der Waals surface area contributed by atoms with Crippen LogP contribution in [0, 0.1) is 5.82 Å². The van der Waals surface area contributed by atoms with Gasteiger partial charge < -0.3 is 5.32 Å². The van der Waals surface area contributed by atoms with Crippen molar-refractivity contribution in [2.75, 3.05) is 18.1 Å². The molecule has 6 heteroatoms. The van der Waals surface area contributed by atoms with Crippen molar-refractivity contribution < 1.29 is 12.8 Å². The van der Waals surface area contributed by atoms with Gasteiger partial charge in [-0.15, -0.1) is 0 Å². The van der Waals surface area contributed by atoms with E-state index in [0.717, 1.165) is 6.26 Å². The summed E-state index contributed by atoms with van der Waals surface area (Å²) < 4.78 is 36.6. The van der Waals surface area contributed by atoms with Crippen molar-refractivity contribution in [1.82, 2.24) is 4.98 Å². The van der Waals surface area contributed by atoms with Gasteiger partial charge in [-0.3, -0.25) is 0 Å². The predicted octanol–water partition coefficient (Wildman–Crippen LogP) is 2.28. The van der Waals surface area contributed by atoms with Gasteiger partial charge in [0.2, 0.25) is 0 Å². The summed E-state index contributed by atoms with van der Waals surface area (Å²) in [6.45, 7) is 0.403. The van der Waals surface area contributed by atoms with Gasteiger partial charge >= 0.3 is 0 Å². The number of hydrogen-bond donors (Lipinski definition) is 1. The Morgan fingerprint density at radius 1 is 1.20 bits per heavy atom. The van der Waals surface area contributed by atoms with E-state index in [4.69, 9.17) is 0 Å². The van der Waals surface area contributed by atoms with Gasteiger partial charge in [0.1, 0.15) is 16.5 Å². The largest absolute Gasteiger partial charge is 0.369 e. The highest BCUT2D eigenvalue weighted by molar-refractivity contribution is 7.90. The zero-order valence-corrected chi connectivity index (χ0v) is 11.8. The molecular weight excluding hydrogens is 279 g/mol. The Morgan fingerprint density at radius 3 is 2.65 bits per heavy atom. The molecule has 1 heterocycles. The van der Waals surface area contributed by atoms with Crippen LogP contribution in [0.1, 0.15) is 5.56 Å². The molecule has 0 bridgehead atoms.